The Morgan fingerprint density at radius 2 is 1.76 bits per heavy atom. The molecule has 0 atom stereocenters. The minimum atomic E-state index is -0.536. The second-order valence-corrected chi connectivity index (χ2v) is 8.40. The third-order valence-electron chi connectivity index (χ3n) is 2.94. The maximum absolute atomic E-state index is 11.8. The number of nitrogens with one attached hydrogen (secondary N) is 3. The van der Waals surface area contributed by atoms with Crippen LogP contribution in [0, 0.1) is 0 Å². The lowest BCUT2D eigenvalue weighted by Gasteiger charge is -2.15. The van der Waals surface area contributed by atoms with E-state index in [1.165, 1.54) is 11.3 Å². The molecule has 2 amide bonds. The number of carbonyl (C=O) groups is 1. The standard InChI is InChI=1S/C11H8Cl2N2O2S2.C5H13N/c12-5-2-1-3-6(8(5)13)14-11(17)15-7-4-19-10(18)9(7)16;1-5(2,3)6-4/h1-4,16,18H,(H2,14,15,17);6H,1-4H3. The predicted octanol–water partition coefficient (Wildman–Crippen LogP) is 5.70. The zero-order valence-corrected chi connectivity index (χ0v) is 17.5. The molecule has 9 heteroatoms. The number of carbonyl (C=O) groups excluding carboxylic acids is 1. The van der Waals surface area contributed by atoms with Gasteiger partial charge in [0.15, 0.2) is 5.75 Å². The smallest absolute Gasteiger partial charge is 0.323 e. The highest BCUT2D eigenvalue weighted by atomic mass is 35.5. The first-order chi connectivity index (χ1) is 11.5. The topological polar surface area (TPSA) is 73.4 Å². The van der Waals surface area contributed by atoms with Crippen LogP contribution in [0.15, 0.2) is 27.8 Å². The highest BCUT2D eigenvalue weighted by molar-refractivity contribution is 7.83. The third-order valence-corrected chi connectivity index (χ3v) is 5.06. The Bertz CT molecular complexity index is 731. The lowest BCUT2D eigenvalue weighted by molar-refractivity contribution is 0.262. The zero-order chi connectivity index (χ0) is 19.2. The molecule has 0 spiro atoms. The SMILES string of the molecule is CNC(C)(C)C.O=C(Nc1csc(S)c1O)Nc1cccc(Cl)c1Cl. The molecule has 2 aromatic rings. The number of aromatic hydroxyl groups is 1. The van der Waals surface area contributed by atoms with E-state index in [2.05, 4.69) is 49.4 Å². The van der Waals surface area contributed by atoms with Crippen LogP contribution in [0.2, 0.25) is 10.0 Å². The maximum Gasteiger partial charge on any atom is 0.323 e. The summed E-state index contributed by atoms with van der Waals surface area (Å²) in [5.41, 5.74) is 0.957. The molecular formula is C16H21Cl2N3O2S2. The number of halogens is 2. The van der Waals surface area contributed by atoms with E-state index in [9.17, 15) is 9.90 Å². The number of thiol groups is 1. The van der Waals surface area contributed by atoms with E-state index >= 15 is 0 Å². The van der Waals surface area contributed by atoms with Gasteiger partial charge in [0.05, 0.1) is 21.4 Å². The van der Waals surface area contributed by atoms with E-state index in [-0.39, 0.29) is 16.5 Å². The number of urea groups is 1. The third kappa shape index (κ3) is 7.33. The fourth-order valence-corrected chi connectivity index (χ4v) is 2.55. The van der Waals surface area contributed by atoms with Crippen molar-refractivity contribution in [3.63, 3.8) is 0 Å². The molecule has 0 bridgehead atoms. The number of thiophene rings is 1. The largest absolute Gasteiger partial charge is 0.504 e. The first-order valence-corrected chi connectivity index (χ1v) is 9.33. The summed E-state index contributed by atoms with van der Waals surface area (Å²) in [6, 6.07) is 4.36. The Morgan fingerprint density at radius 3 is 2.24 bits per heavy atom. The van der Waals surface area contributed by atoms with Crippen molar-refractivity contribution in [3.8, 4) is 5.75 Å². The van der Waals surface area contributed by atoms with Gasteiger partial charge >= 0.3 is 6.03 Å². The average molecular weight is 422 g/mol. The summed E-state index contributed by atoms with van der Waals surface area (Å²) in [7, 11) is 1.96. The number of hydrogen-bond donors (Lipinski definition) is 5. The second kappa shape index (κ2) is 9.54. The number of benzene rings is 1. The van der Waals surface area contributed by atoms with Crippen LogP contribution in [0.4, 0.5) is 16.2 Å². The van der Waals surface area contributed by atoms with Gasteiger partial charge in [0.1, 0.15) is 4.21 Å². The molecule has 0 saturated heterocycles. The molecule has 1 aromatic heterocycles. The Labute approximate surface area is 167 Å². The summed E-state index contributed by atoms with van der Waals surface area (Å²) in [5, 5.41) is 19.9. The van der Waals surface area contributed by atoms with Gasteiger partial charge in [0.25, 0.3) is 0 Å². The van der Waals surface area contributed by atoms with Gasteiger partial charge in [-0.05, 0) is 40.0 Å². The first-order valence-electron chi connectivity index (χ1n) is 7.25. The zero-order valence-electron chi connectivity index (χ0n) is 14.3. The molecular weight excluding hydrogens is 401 g/mol. The molecule has 0 saturated carbocycles. The van der Waals surface area contributed by atoms with Gasteiger partial charge in [-0.3, -0.25) is 0 Å². The Kier molecular flexibility index (Phi) is 8.37. The normalized spacial score (nSPS) is 10.7. The van der Waals surface area contributed by atoms with E-state index in [0.29, 0.717) is 20.5 Å². The number of anilines is 2. The van der Waals surface area contributed by atoms with Crippen molar-refractivity contribution in [2.24, 2.45) is 0 Å². The van der Waals surface area contributed by atoms with Gasteiger partial charge < -0.3 is 21.1 Å². The summed E-state index contributed by atoms with van der Waals surface area (Å²) < 4.78 is 0.427. The van der Waals surface area contributed by atoms with Gasteiger partial charge in [0.2, 0.25) is 0 Å². The molecule has 1 heterocycles. The van der Waals surface area contributed by atoms with Gasteiger partial charge in [-0.2, -0.15) is 0 Å². The molecule has 0 fully saturated rings. The minimum Gasteiger partial charge on any atom is -0.504 e. The first kappa shape index (κ1) is 21.9. The van der Waals surface area contributed by atoms with Crippen LogP contribution >= 0.6 is 47.2 Å². The van der Waals surface area contributed by atoms with E-state index in [1.807, 2.05) is 7.05 Å². The summed E-state index contributed by atoms with van der Waals surface area (Å²) in [5.74, 6) is -0.0688. The van der Waals surface area contributed by atoms with Gasteiger partial charge in [-0.15, -0.1) is 24.0 Å². The van der Waals surface area contributed by atoms with Crippen molar-refractivity contribution < 1.29 is 9.90 Å². The van der Waals surface area contributed by atoms with Crippen molar-refractivity contribution in [3.05, 3.63) is 33.6 Å². The van der Waals surface area contributed by atoms with Crippen molar-refractivity contribution >= 4 is 64.6 Å². The predicted molar refractivity (Wildman–Crippen MR) is 111 cm³/mol. The molecule has 138 valence electrons. The van der Waals surface area contributed by atoms with Crippen LogP contribution in [0.25, 0.3) is 0 Å². The van der Waals surface area contributed by atoms with Crippen molar-refractivity contribution in [1.82, 2.24) is 5.32 Å². The minimum absolute atomic E-state index is 0.0688. The van der Waals surface area contributed by atoms with Crippen molar-refractivity contribution in [2.45, 2.75) is 30.5 Å². The van der Waals surface area contributed by atoms with E-state index in [0.717, 1.165) is 0 Å². The molecule has 2 rings (SSSR count). The molecule has 1 aromatic carbocycles. The number of amides is 2. The molecule has 5 nitrogen and oxygen atoms in total. The molecule has 0 unspecified atom stereocenters. The summed E-state index contributed by atoms with van der Waals surface area (Å²) >= 11 is 17.0. The van der Waals surface area contributed by atoms with Crippen LogP contribution in [-0.2, 0) is 0 Å². The van der Waals surface area contributed by atoms with Gasteiger partial charge in [0, 0.05) is 10.9 Å². The monoisotopic (exact) mass is 421 g/mol. The molecule has 4 N–H and O–H groups in total. The fourth-order valence-electron chi connectivity index (χ4n) is 1.31. The summed E-state index contributed by atoms with van der Waals surface area (Å²) in [4.78, 5) is 11.8. The maximum atomic E-state index is 11.8. The van der Waals surface area contributed by atoms with Crippen LogP contribution in [0.3, 0.4) is 0 Å². The lowest BCUT2D eigenvalue weighted by atomic mass is 10.1. The fraction of sp³-hybridized carbons (Fsp3) is 0.312. The highest BCUT2D eigenvalue weighted by Gasteiger charge is 2.12. The molecule has 0 aliphatic carbocycles. The Morgan fingerprint density at radius 1 is 1.20 bits per heavy atom. The Balaban J connectivity index is 0.000000450. The average Bonchev–Trinajstić information content (AvgIpc) is 2.84. The second-order valence-electron chi connectivity index (χ2n) is 5.98. The van der Waals surface area contributed by atoms with Gasteiger partial charge in [-0.25, -0.2) is 4.79 Å². The van der Waals surface area contributed by atoms with Crippen LogP contribution in [-0.4, -0.2) is 23.7 Å². The quantitative estimate of drug-likeness (QED) is 0.403. The lowest BCUT2D eigenvalue weighted by Crippen LogP contribution is -2.31. The van der Waals surface area contributed by atoms with E-state index < -0.39 is 6.03 Å². The van der Waals surface area contributed by atoms with Gasteiger partial charge in [-0.1, -0.05) is 29.3 Å². The highest BCUT2D eigenvalue weighted by Crippen LogP contribution is 2.36. The number of rotatable bonds is 2. The van der Waals surface area contributed by atoms with Crippen LogP contribution < -0.4 is 16.0 Å². The van der Waals surface area contributed by atoms with E-state index in [1.54, 1.807) is 23.6 Å². The van der Waals surface area contributed by atoms with Crippen molar-refractivity contribution in [1.29, 1.82) is 0 Å². The molecule has 0 aliphatic rings. The Hall–Kier alpha value is -1.12. The molecule has 0 aliphatic heterocycles. The van der Waals surface area contributed by atoms with E-state index in [4.69, 9.17) is 23.2 Å². The summed E-state index contributed by atoms with van der Waals surface area (Å²) in [6.45, 7) is 6.40. The summed E-state index contributed by atoms with van der Waals surface area (Å²) in [6.07, 6.45) is 0. The molecule has 25 heavy (non-hydrogen) atoms. The molecule has 0 radical (unpaired) electrons. The van der Waals surface area contributed by atoms with Crippen LogP contribution in [0.5, 0.6) is 5.75 Å². The number of hydrogen-bond acceptors (Lipinski definition) is 5. The van der Waals surface area contributed by atoms with Crippen molar-refractivity contribution in [2.75, 3.05) is 17.7 Å². The van der Waals surface area contributed by atoms with Crippen LogP contribution in [0.1, 0.15) is 20.8 Å².